The molecule has 0 spiro atoms. The lowest BCUT2D eigenvalue weighted by Gasteiger charge is -2.27. The lowest BCUT2D eigenvalue weighted by atomic mass is 9.95. The van der Waals surface area contributed by atoms with Crippen molar-refractivity contribution in [3.05, 3.63) is 10.3 Å². The summed E-state index contributed by atoms with van der Waals surface area (Å²) < 4.78 is 2.03. The minimum absolute atomic E-state index is 0.388. The lowest BCUT2D eigenvalue weighted by Crippen LogP contribution is -2.42. The summed E-state index contributed by atoms with van der Waals surface area (Å²) in [5.41, 5.74) is 5.12. The molecule has 3 N–H and O–H groups in total. The number of aliphatic hydroxyl groups is 1. The number of hydrogen-bond acceptors (Lipinski definition) is 4. The van der Waals surface area contributed by atoms with Gasteiger partial charge in [-0.25, -0.2) is 4.68 Å². The van der Waals surface area contributed by atoms with E-state index < -0.39 is 5.60 Å². The molecule has 1 heterocycles. The molecule has 5 nitrogen and oxygen atoms in total. The number of nitrogens with zero attached hydrogens (tertiary/aromatic N) is 3. The first-order valence-corrected chi connectivity index (χ1v) is 4.70. The highest BCUT2D eigenvalue weighted by atomic mass is 79.9. The molecule has 2 unspecified atom stereocenters. The van der Waals surface area contributed by atoms with Crippen molar-refractivity contribution in [3.8, 4) is 0 Å². The zero-order valence-electron chi connectivity index (χ0n) is 7.82. The number of nitrogens with two attached hydrogens (primary N) is 1. The Labute approximate surface area is 85.1 Å². The minimum atomic E-state index is -1.13. The molecule has 0 saturated carbocycles. The van der Waals surface area contributed by atoms with E-state index in [-0.39, 0.29) is 6.04 Å². The van der Waals surface area contributed by atoms with Crippen LogP contribution in [-0.4, -0.2) is 26.1 Å². The van der Waals surface area contributed by atoms with Crippen molar-refractivity contribution in [3.63, 3.8) is 0 Å². The molecule has 13 heavy (non-hydrogen) atoms. The fourth-order valence-electron chi connectivity index (χ4n) is 1.08. The second-order valence-electron chi connectivity index (χ2n) is 3.29. The lowest BCUT2D eigenvalue weighted by molar-refractivity contribution is 0.0261. The summed E-state index contributed by atoms with van der Waals surface area (Å²) in [4.78, 5) is 0. The third-order valence-electron chi connectivity index (χ3n) is 2.15. The molecule has 1 rings (SSSR count). The SMILES string of the molecule is CC(N)C(C)(O)c1c(Br)nnn1C. The first-order chi connectivity index (χ1) is 5.87. The Morgan fingerprint density at radius 2 is 2.23 bits per heavy atom. The zero-order chi connectivity index (χ0) is 10.2. The molecule has 0 bridgehead atoms. The molecule has 0 radical (unpaired) electrons. The van der Waals surface area contributed by atoms with Gasteiger partial charge in [0.1, 0.15) is 11.3 Å². The van der Waals surface area contributed by atoms with Crippen LogP contribution in [0.5, 0.6) is 0 Å². The quantitative estimate of drug-likeness (QED) is 0.781. The number of aryl methyl sites for hydroxylation is 1. The van der Waals surface area contributed by atoms with Gasteiger partial charge in [-0.3, -0.25) is 0 Å². The minimum Gasteiger partial charge on any atom is -0.382 e. The van der Waals surface area contributed by atoms with E-state index in [0.717, 1.165) is 0 Å². The normalized spacial score (nSPS) is 18.3. The smallest absolute Gasteiger partial charge is 0.154 e. The van der Waals surface area contributed by atoms with Crippen LogP contribution >= 0.6 is 15.9 Å². The Bertz CT molecular complexity index is 288. The summed E-state index contributed by atoms with van der Waals surface area (Å²) >= 11 is 3.21. The Morgan fingerprint density at radius 1 is 1.69 bits per heavy atom. The summed E-state index contributed by atoms with van der Waals surface area (Å²) in [6, 6.07) is -0.388. The van der Waals surface area contributed by atoms with Gasteiger partial charge in [-0.2, -0.15) is 0 Å². The van der Waals surface area contributed by atoms with Gasteiger partial charge in [0.05, 0.1) is 0 Å². The van der Waals surface area contributed by atoms with Gasteiger partial charge in [-0.05, 0) is 29.8 Å². The average Bonchev–Trinajstić information content (AvgIpc) is 2.30. The van der Waals surface area contributed by atoms with Crippen molar-refractivity contribution in [2.75, 3.05) is 0 Å². The molecule has 0 aliphatic carbocycles. The van der Waals surface area contributed by atoms with Gasteiger partial charge < -0.3 is 10.8 Å². The van der Waals surface area contributed by atoms with Crippen molar-refractivity contribution in [1.82, 2.24) is 15.0 Å². The number of halogens is 1. The van der Waals surface area contributed by atoms with Crippen molar-refractivity contribution in [1.29, 1.82) is 0 Å². The Morgan fingerprint density at radius 3 is 2.54 bits per heavy atom. The monoisotopic (exact) mass is 248 g/mol. The standard InChI is InChI=1S/C7H13BrN4O/c1-4(9)7(2,13)5-6(8)10-11-12(5)3/h4,13H,9H2,1-3H3. The third kappa shape index (κ3) is 1.74. The second kappa shape index (κ2) is 3.36. The predicted molar refractivity (Wildman–Crippen MR) is 51.9 cm³/mol. The summed E-state index contributed by atoms with van der Waals surface area (Å²) in [5.74, 6) is 0. The fourth-order valence-corrected chi connectivity index (χ4v) is 1.81. The fraction of sp³-hybridized carbons (Fsp3) is 0.714. The summed E-state index contributed by atoms with van der Waals surface area (Å²) in [7, 11) is 1.71. The molecule has 0 amide bonds. The highest BCUT2D eigenvalue weighted by Gasteiger charge is 2.34. The molecule has 0 aliphatic heterocycles. The van der Waals surface area contributed by atoms with Crippen molar-refractivity contribution in [2.24, 2.45) is 12.8 Å². The average molecular weight is 249 g/mol. The maximum atomic E-state index is 10.1. The predicted octanol–water partition coefficient (Wildman–Crippen LogP) is 0.132. The van der Waals surface area contributed by atoms with Crippen molar-refractivity contribution in [2.45, 2.75) is 25.5 Å². The Kier molecular flexibility index (Phi) is 2.74. The molecular weight excluding hydrogens is 236 g/mol. The van der Waals surface area contributed by atoms with Crippen LogP contribution in [0.4, 0.5) is 0 Å². The van der Waals surface area contributed by atoms with Crippen LogP contribution in [-0.2, 0) is 12.6 Å². The van der Waals surface area contributed by atoms with Crippen molar-refractivity contribution >= 4 is 15.9 Å². The molecule has 1 aromatic rings. The van der Waals surface area contributed by atoms with E-state index in [1.807, 2.05) is 0 Å². The molecule has 6 heteroatoms. The van der Waals surface area contributed by atoms with Crippen LogP contribution in [0, 0.1) is 0 Å². The van der Waals surface area contributed by atoms with Crippen LogP contribution in [0.2, 0.25) is 0 Å². The molecule has 0 fully saturated rings. The van der Waals surface area contributed by atoms with Gasteiger partial charge in [0.25, 0.3) is 0 Å². The number of aromatic nitrogens is 3. The highest BCUT2D eigenvalue weighted by molar-refractivity contribution is 9.10. The second-order valence-corrected chi connectivity index (χ2v) is 4.04. The van der Waals surface area contributed by atoms with E-state index in [1.54, 1.807) is 20.9 Å². The number of rotatable bonds is 2. The summed E-state index contributed by atoms with van der Waals surface area (Å²) in [6.07, 6.45) is 0. The van der Waals surface area contributed by atoms with E-state index in [4.69, 9.17) is 5.73 Å². The van der Waals surface area contributed by atoms with Crippen molar-refractivity contribution < 1.29 is 5.11 Å². The van der Waals surface area contributed by atoms with Crippen LogP contribution in [0.15, 0.2) is 4.60 Å². The van der Waals surface area contributed by atoms with Gasteiger partial charge in [-0.1, -0.05) is 5.21 Å². The largest absolute Gasteiger partial charge is 0.382 e. The molecule has 0 aliphatic rings. The maximum absolute atomic E-state index is 10.1. The first kappa shape index (κ1) is 10.6. The Balaban J connectivity index is 3.20. The molecule has 74 valence electrons. The number of hydrogen-bond donors (Lipinski definition) is 2. The zero-order valence-corrected chi connectivity index (χ0v) is 9.41. The van der Waals surface area contributed by atoms with Crippen LogP contribution < -0.4 is 5.73 Å². The topological polar surface area (TPSA) is 77.0 Å². The molecule has 0 aromatic carbocycles. The maximum Gasteiger partial charge on any atom is 0.154 e. The van der Waals surface area contributed by atoms with Gasteiger partial charge in [0.15, 0.2) is 4.60 Å². The Hall–Kier alpha value is -0.460. The van der Waals surface area contributed by atoms with Gasteiger partial charge in [-0.15, -0.1) is 5.10 Å². The van der Waals surface area contributed by atoms with E-state index >= 15 is 0 Å². The van der Waals surface area contributed by atoms with Crippen LogP contribution in [0.25, 0.3) is 0 Å². The van der Waals surface area contributed by atoms with Gasteiger partial charge >= 0.3 is 0 Å². The third-order valence-corrected chi connectivity index (χ3v) is 2.69. The first-order valence-electron chi connectivity index (χ1n) is 3.91. The van der Waals surface area contributed by atoms with E-state index in [2.05, 4.69) is 26.2 Å². The van der Waals surface area contributed by atoms with E-state index in [1.165, 1.54) is 4.68 Å². The summed E-state index contributed by atoms with van der Waals surface area (Å²) in [5, 5.41) is 17.6. The van der Waals surface area contributed by atoms with E-state index in [0.29, 0.717) is 10.3 Å². The molecule has 0 saturated heterocycles. The molecule has 1 aromatic heterocycles. The van der Waals surface area contributed by atoms with Crippen LogP contribution in [0.3, 0.4) is 0 Å². The van der Waals surface area contributed by atoms with Gasteiger partial charge in [0, 0.05) is 13.1 Å². The van der Waals surface area contributed by atoms with E-state index in [9.17, 15) is 5.11 Å². The summed E-state index contributed by atoms with van der Waals surface area (Å²) in [6.45, 7) is 3.38. The van der Waals surface area contributed by atoms with Crippen LogP contribution in [0.1, 0.15) is 19.5 Å². The highest BCUT2D eigenvalue weighted by Crippen LogP contribution is 2.27. The molecular formula is C7H13BrN4O. The van der Waals surface area contributed by atoms with Gasteiger partial charge in [0.2, 0.25) is 0 Å². The molecule has 2 atom stereocenters.